The first-order valence-electron chi connectivity index (χ1n) is 5.35. The Hall–Kier alpha value is -1.98. The largest absolute Gasteiger partial charge is 0.392 e. The van der Waals surface area contributed by atoms with E-state index < -0.39 is 0 Å². The molecule has 0 radical (unpaired) electrons. The van der Waals surface area contributed by atoms with Crippen molar-refractivity contribution in [3.63, 3.8) is 0 Å². The van der Waals surface area contributed by atoms with Crippen LogP contribution in [0.4, 0.5) is 0 Å². The minimum absolute atomic E-state index is 0.0922. The summed E-state index contributed by atoms with van der Waals surface area (Å²) in [5.74, 6) is 0.502. The number of halogens is 1. The first-order chi connectivity index (χ1) is 8.79. The third kappa shape index (κ3) is 1.73. The van der Waals surface area contributed by atoms with E-state index in [1.165, 1.54) is 0 Å². The minimum Gasteiger partial charge on any atom is -0.392 e. The maximum Gasteiger partial charge on any atom is 0.174 e. The Balaban J connectivity index is 2.20. The number of pyridine rings is 1. The number of benzene rings is 1. The molecule has 0 aliphatic heterocycles. The van der Waals surface area contributed by atoms with Crippen LogP contribution in [0, 0.1) is 0 Å². The molecule has 2 heterocycles. The van der Waals surface area contributed by atoms with Gasteiger partial charge in [-0.3, -0.25) is 0 Å². The zero-order chi connectivity index (χ0) is 12.5. The van der Waals surface area contributed by atoms with Gasteiger partial charge in [0, 0.05) is 6.20 Å². The smallest absolute Gasteiger partial charge is 0.174 e. The summed E-state index contributed by atoms with van der Waals surface area (Å²) < 4.78 is 1.58. The van der Waals surface area contributed by atoms with Gasteiger partial charge in [0.2, 0.25) is 0 Å². The maximum absolute atomic E-state index is 9.02. The Bertz CT molecular complexity index is 710. The molecule has 0 unspecified atom stereocenters. The van der Waals surface area contributed by atoms with Gasteiger partial charge < -0.3 is 5.11 Å². The van der Waals surface area contributed by atoms with Gasteiger partial charge >= 0.3 is 0 Å². The van der Waals surface area contributed by atoms with Crippen LogP contribution in [0.15, 0.2) is 36.5 Å². The zero-order valence-electron chi connectivity index (χ0n) is 9.29. The molecule has 0 saturated heterocycles. The van der Waals surface area contributed by atoms with Crippen LogP contribution in [0.5, 0.6) is 0 Å². The molecule has 0 atom stereocenters. The minimum atomic E-state index is -0.0922. The highest BCUT2D eigenvalue weighted by Gasteiger charge is 2.11. The Labute approximate surface area is 108 Å². The van der Waals surface area contributed by atoms with Crippen LogP contribution in [0.2, 0.25) is 5.02 Å². The first-order valence-corrected chi connectivity index (χ1v) is 5.73. The number of nitrogens with zero attached hydrogens (tertiary/aromatic N) is 4. The Morgan fingerprint density at radius 2 is 2.11 bits per heavy atom. The lowest BCUT2D eigenvalue weighted by atomic mass is 10.3. The summed E-state index contributed by atoms with van der Waals surface area (Å²) in [7, 11) is 0. The molecular formula is C12H9ClN4O. The summed E-state index contributed by atoms with van der Waals surface area (Å²) in [6.45, 7) is -0.0922. The van der Waals surface area contributed by atoms with Gasteiger partial charge in [0.15, 0.2) is 5.82 Å². The van der Waals surface area contributed by atoms with Crippen LogP contribution < -0.4 is 0 Å². The van der Waals surface area contributed by atoms with E-state index in [-0.39, 0.29) is 6.61 Å². The van der Waals surface area contributed by atoms with Gasteiger partial charge in [-0.2, -0.15) is 4.68 Å². The molecular weight excluding hydrogens is 252 g/mol. The summed E-state index contributed by atoms with van der Waals surface area (Å²) in [6.07, 6.45) is 1.57. The van der Waals surface area contributed by atoms with Crippen LogP contribution in [0.3, 0.4) is 0 Å². The predicted molar refractivity (Wildman–Crippen MR) is 67.6 cm³/mol. The third-order valence-corrected chi connectivity index (χ3v) is 2.89. The monoisotopic (exact) mass is 260 g/mol. The van der Waals surface area contributed by atoms with Gasteiger partial charge in [0.25, 0.3) is 0 Å². The van der Waals surface area contributed by atoms with Crippen molar-refractivity contribution in [1.82, 2.24) is 20.0 Å². The molecule has 6 heteroatoms. The van der Waals surface area contributed by atoms with Crippen LogP contribution in [0.1, 0.15) is 5.56 Å². The Morgan fingerprint density at radius 1 is 1.28 bits per heavy atom. The highest BCUT2D eigenvalue weighted by Crippen LogP contribution is 2.22. The molecule has 0 fully saturated rings. The highest BCUT2D eigenvalue weighted by molar-refractivity contribution is 6.32. The van der Waals surface area contributed by atoms with Crippen molar-refractivity contribution in [2.45, 2.75) is 6.61 Å². The van der Waals surface area contributed by atoms with Crippen LogP contribution in [-0.2, 0) is 6.61 Å². The SMILES string of the molecule is OCc1cnc(-n2nnc3ccccc32)c(Cl)c1. The number of fused-ring (bicyclic) bond motifs is 1. The van der Waals surface area contributed by atoms with Crippen LogP contribution in [0.25, 0.3) is 16.9 Å². The molecule has 1 N–H and O–H groups in total. The molecule has 90 valence electrons. The molecule has 3 rings (SSSR count). The first kappa shape index (κ1) is 11.1. The highest BCUT2D eigenvalue weighted by atomic mass is 35.5. The second kappa shape index (κ2) is 4.36. The number of aliphatic hydroxyl groups is 1. The van der Waals surface area contributed by atoms with Crippen LogP contribution >= 0.6 is 11.6 Å². The molecule has 0 amide bonds. The molecule has 0 aliphatic rings. The number of hydrogen-bond donors (Lipinski definition) is 1. The van der Waals surface area contributed by atoms with Crippen LogP contribution in [-0.4, -0.2) is 25.1 Å². The molecule has 0 saturated carbocycles. The van der Waals surface area contributed by atoms with E-state index in [4.69, 9.17) is 16.7 Å². The van der Waals surface area contributed by atoms with Crippen molar-refractivity contribution in [2.24, 2.45) is 0 Å². The van der Waals surface area contributed by atoms with E-state index >= 15 is 0 Å². The predicted octanol–water partition coefficient (Wildman–Crippen LogP) is 1.96. The van der Waals surface area contributed by atoms with E-state index in [2.05, 4.69) is 15.3 Å². The van der Waals surface area contributed by atoms with Crippen molar-refractivity contribution in [3.8, 4) is 5.82 Å². The van der Waals surface area contributed by atoms with E-state index in [1.54, 1.807) is 16.9 Å². The zero-order valence-corrected chi connectivity index (χ0v) is 10.0. The van der Waals surface area contributed by atoms with E-state index in [1.807, 2.05) is 24.3 Å². The summed E-state index contributed by atoms with van der Waals surface area (Å²) in [4.78, 5) is 4.21. The summed E-state index contributed by atoms with van der Waals surface area (Å²) in [5.41, 5.74) is 2.28. The molecule has 18 heavy (non-hydrogen) atoms. The van der Waals surface area contributed by atoms with Crippen molar-refractivity contribution in [1.29, 1.82) is 0 Å². The van der Waals surface area contributed by atoms with Gasteiger partial charge in [-0.1, -0.05) is 28.9 Å². The average Bonchev–Trinajstić information content (AvgIpc) is 2.82. The van der Waals surface area contributed by atoms with Gasteiger partial charge in [0.05, 0.1) is 17.1 Å². The molecule has 0 spiro atoms. The molecule has 1 aromatic carbocycles. The maximum atomic E-state index is 9.02. The Kier molecular flexibility index (Phi) is 2.70. The van der Waals surface area contributed by atoms with Crippen molar-refractivity contribution >= 4 is 22.6 Å². The fourth-order valence-electron chi connectivity index (χ4n) is 1.74. The lowest BCUT2D eigenvalue weighted by Crippen LogP contribution is -2.01. The lowest BCUT2D eigenvalue weighted by Gasteiger charge is -2.05. The van der Waals surface area contributed by atoms with Gasteiger partial charge in [-0.25, -0.2) is 4.98 Å². The topological polar surface area (TPSA) is 63.8 Å². The lowest BCUT2D eigenvalue weighted by molar-refractivity contribution is 0.281. The third-order valence-electron chi connectivity index (χ3n) is 2.61. The number of aliphatic hydroxyl groups excluding tert-OH is 1. The summed E-state index contributed by atoms with van der Waals surface area (Å²) >= 11 is 6.14. The Morgan fingerprint density at radius 3 is 2.89 bits per heavy atom. The second-order valence-electron chi connectivity index (χ2n) is 3.80. The number of para-hydroxylation sites is 1. The molecule has 5 nitrogen and oxygen atoms in total. The standard InChI is InChI=1S/C12H9ClN4O/c13-9-5-8(7-18)6-14-12(9)17-11-4-2-1-3-10(11)15-16-17/h1-6,18H,7H2. The van der Waals surface area contributed by atoms with E-state index in [0.717, 1.165) is 11.0 Å². The molecule has 3 aromatic rings. The number of hydrogen-bond acceptors (Lipinski definition) is 4. The molecule has 0 bridgehead atoms. The van der Waals surface area contributed by atoms with Gasteiger partial charge in [-0.15, -0.1) is 5.10 Å². The van der Waals surface area contributed by atoms with Crippen molar-refractivity contribution in [3.05, 3.63) is 47.1 Å². The summed E-state index contributed by atoms with van der Waals surface area (Å²) in [5, 5.41) is 17.5. The quantitative estimate of drug-likeness (QED) is 0.765. The molecule has 2 aromatic heterocycles. The number of aromatic nitrogens is 4. The molecule has 0 aliphatic carbocycles. The van der Waals surface area contributed by atoms with E-state index in [9.17, 15) is 0 Å². The second-order valence-corrected chi connectivity index (χ2v) is 4.20. The van der Waals surface area contributed by atoms with Crippen molar-refractivity contribution in [2.75, 3.05) is 0 Å². The van der Waals surface area contributed by atoms with Gasteiger partial charge in [-0.05, 0) is 23.8 Å². The number of rotatable bonds is 2. The van der Waals surface area contributed by atoms with Crippen molar-refractivity contribution < 1.29 is 5.11 Å². The normalized spacial score (nSPS) is 11.0. The average molecular weight is 261 g/mol. The van der Waals surface area contributed by atoms with E-state index in [0.29, 0.717) is 16.4 Å². The fourth-order valence-corrected chi connectivity index (χ4v) is 2.01. The van der Waals surface area contributed by atoms with Gasteiger partial charge in [0.1, 0.15) is 5.52 Å². The summed E-state index contributed by atoms with van der Waals surface area (Å²) in [6, 6.07) is 9.23. The fraction of sp³-hybridized carbons (Fsp3) is 0.0833.